The molecule has 3 rings (SSSR count). The molecule has 0 spiro atoms. The molecule has 2 aromatic rings. The molecule has 0 bridgehead atoms. The molecule has 3 N–H and O–H groups in total. The summed E-state index contributed by atoms with van der Waals surface area (Å²) in [5.41, 5.74) is 3.74. The summed E-state index contributed by atoms with van der Waals surface area (Å²) in [6, 6.07) is 12.4. The molecule has 1 heterocycles. The second-order valence-electron chi connectivity index (χ2n) is 7.46. The number of hydrogen-bond acceptors (Lipinski definition) is 4. The maximum atomic E-state index is 12.4. The lowest BCUT2D eigenvalue weighted by molar-refractivity contribution is -0.129. The smallest absolute Gasteiger partial charge is 0.255 e. The summed E-state index contributed by atoms with van der Waals surface area (Å²) < 4.78 is 5.31. The van der Waals surface area contributed by atoms with Gasteiger partial charge >= 0.3 is 0 Å². The van der Waals surface area contributed by atoms with E-state index in [0.29, 0.717) is 36.5 Å². The Kier molecular flexibility index (Phi) is 7.19. The van der Waals surface area contributed by atoms with Crippen molar-refractivity contribution in [3.63, 3.8) is 0 Å². The maximum absolute atomic E-state index is 12.4. The minimum Gasteiger partial charge on any atom is -0.368 e. The summed E-state index contributed by atoms with van der Waals surface area (Å²) in [7, 11) is 0. The third-order valence-electron chi connectivity index (χ3n) is 4.82. The quantitative estimate of drug-likeness (QED) is 0.613. The predicted octanol–water partition coefficient (Wildman–Crippen LogP) is 2.58. The second kappa shape index (κ2) is 10.0. The fraction of sp³-hybridized carbons (Fsp3) is 0.348. The van der Waals surface area contributed by atoms with Crippen molar-refractivity contribution in [3.8, 4) is 0 Å². The van der Waals surface area contributed by atoms with Crippen LogP contribution < -0.4 is 16.0 Å². The summed E-state index contributed by atoms with van der Waals surface area (Å²) in [6.07, 6.45) is 1.27. The largest absolute Gasteiger partial charge is 0.368 e. The molecule has 0 saturated carbocycles. The SMILES string of the molecule is Cc1cc(C)cc(C(=O)Nc2ccc(C(=O)NCCNC(=O)C3CCCO3)cc2)c1. The standard InChI is InChI=1S/C23H27N3O4/c1-15-12-16(2)14-18(13-15)22(28)26-19-7-5-17(6-8-19)21(27)24-9-10-25-23(29)20-4-3-11-30-20/h5-8,12-14,20H,3-4,9-11H2,1-2H3,(H,24,27)(H,25,29)(H,26,28). The fourth-order valence-corrected chi connectivity index (χ4v) is 3.38. The normalized spacial score (nSPS) is 15.5. The highest BCUT2D eigenvalue weighted by Gasteiger charge is 2.22. The molecule has 1 unspecified atom stereocenters. The molecule has 30 heavy (non-hydrogen) atoms. The number of rotatable bonds is 7. The number of nitrogens with one attached hydrogen (secondary N) is 3. The van der Waals surface area contributed by atoms with Gasteiger partial charge in [0.15, 0.2) is 0 Å². The van der Waals surface area contributed by atoms with Crippen LogP contribution in [0.1, 0.15) is 44.7 Å². The Labute approximate surface area is 176 Å². The third kappa shape index (κ3) is 5.90. The van der Waals surface area contributed by atoms with E-state index >= 15 is 0 Å². The van der Waals surface area contributed by atoms with Crippen LogP contribution in [-0.2, 0) is 9.53 Å². The van der Waals surface area contributed by atoms with E-state index in [1.165, 1.54) is 0 Å². The van der Waals surface area contributed by atoms with Crippen LogP contribution in [0.2, 0.25) is 0 Å². The van der Waals surface area contributed by atoms with Gasteiger partial charge in [-0.25, -0.2) is 0 Å². The van der Waals surface area contributed by atoms with Gasteiger partial charge in [-0.1, -0.05) is 17.2 Å². The first-order chi connectivity index (χ1) is 14.4. The first-order valence-electron chi connectivity index (χ1n) is 10.1. The van der Waals surface area contributed by atoms with E-state index in [2.05, 4.69) is 16.0 Å². The molecule has 7 heteroatoms. The van der Waals surface area contributed by atoms with E-state index in [9.17, 15) is 14.4 Å². The van der Waals surface area contributed by atoms with E-state index in [-0.39, 0.29) is 23.8 Å². The van der Waals surface area contributed by atoms with Crippen molar-refractivity contribution in [2.24, 2.45) is 0 Å². The summed E-state index contributed by atoms with van der Waals surface area (Å²) >= 11 is 0. The van der Waals surface area contributed by atoms with E-state index in [1.807, 2.05) is 32.0 Å². The molecular weight excluding hydrogens is 382 g/mol. The molecule has 7 nitrogen and oxygen atoms in total. The van der Waals surface area contributed by atoms with Crippen LogP contribution in [0.4, 0.5) is 5.69 Å². The average molecular weight is 409 g/mol. The molecule has 3 amide bonds. The molecule has 2 aromatic carbocycles. The Morgan fingerprint density at radius 2 is 1.57 bits per heavy atom. The van der Waals surface area contributed by atoms with Gasteiger partial charge < -0.3 is 20.7 Å². The highest BCUT2D eigenvalue weighted by molar-refractivity contribution is 6.04. The number of hydrogen-bond donors (Lipinski definition) is 3. The first kappa shape index (κ1) is 21.5. The van der Waals surface area contributed by atoms with Crippen molar-refractivity contribution in [2.75, 3.05) is 25.0 Å². The zero-order valence-electron chi connectivity index (χ0n) is 17.3. The van der Waals surface area contributed by atoms with Crippen LogP contribution in [0.25, 0.3) is 0 Å². The van der Waals surface area contributed by atoms with E-state index in [0.717, 1.165) is 24.0 Å². The van der Waals surface area contributed by atoms with Gasteiger partial charge in [-0.15, -0.1) is 0 Å². The lowest BCUT2D eigenvalue weighted by atomic mass is 10.1. The van der Waals surface area contributed by atoms with E-state index < -0.39 is 0 Å². The van der Waals surface area contributed by atoms with Gasteiger partial charge in [-0.2, -0.15) is 0 Å². The van der Waals surface area contributed by atoms with Gasteiger partial charge in [0.2, 0.25) is 5.91 Å². The van der Waals surface area contributed by atoms with Crippen LogP contribution >= 0.6 is 0 Å². The molecular formula is C23H27N3O4. The monoisotopic (exact) mass is 409 g/mol. The number of benzene rings is 2. The number of anilines is 1. The molecule has 1 atom stereocenters. The number of amides is 3. The van der Waals surface area contributed by atoms with Gasteiger partial charge in [0, 0.05) is 36.5 Å². The van der Waals surface area contributed by atoms with Crippen LogP contribution in [0, 0.1) is 13.8 Å². The molecule has 1 aliphatic heterocycles. The molecule has 1 fully saturated rings. The zero-order valence-corrected chi connectivity index (χ0v) is 17.3. The van der Waals surface area contributed by atoms with E-state index in [4.69, 9.17) is 4.74 Å². The van der Waals surface area contributed by atoms with Gasteiger partial charge in [0.05, 0.1) is 0 Å². The lowest BCUT2D eigenvalue weighted by Gasteiger charge is -2.11. The topological polar surface area (TPSA) is 96.5 Å². The Morgan fingerprint density at radius 1 is 0.900 bits per heavy atom. The van der Waals surface area contributed by atoms with Crippen molar-refractivity contribution >= 4 is 23.4 Å². The van der Waals surface area contributed by atoms with E-state index in [1.54, 1.807) is 24.3 Å². The number of carbonyl (C=O) groups excluding carboxylic acids is 3. The number of ether oxygens (including phenoxy) is 1. The van der Waals surface area contributed by atoms with Crippen molar-refractivity contribution in [3.05, 3.63) is 64.7 Å². The molecule has 1 saturated heterocycles. The maximum Gasteiger partial charge on any atom is 0.255 e. The Balaban J connectivity index is 1.45. The third-order valence-corrected chi connectivity index (χ3v) is 4.82. The predicted molar refractivity (Wildman–Crippen MR) is 115 cm³/mol. The van der Waals surface area contributed by atoms with Crippen LogP contribution in [-0.4, -0.2) is 43.5 Å². The van der Waals surface area contributed by atoms with Crippen LogP contribution in [0.15, 0.2) is 42.5 Å². The number of carbonyl (C=O) groups is 3. The minimum absolute atomic E-state index is 0.134. The zero-order chi connectivity index (χ0) is 21.5. The van der Waals surface area contributed by atoms with Crippen molar-refractivity contribution < 1.29 is 19.1 Å². The molecule has 158 valence electrons. The molecule has 0 aliphatic carbocycles. The van der Waals surface area contributed by atoms with Crippen LogP contribution in [0.3, 0.4) is 0 Å². The highest BCUT2D eigenvalue weighted by atomic mass is 16.5. The summed E-state index contributed by atoms with van der Waals surface area (Å²) in [5, 5.41) is 8.36. The van der Waals surface area contributed by atoms with Crippen LogP contribution in [0.5, 0.6) is 0 Å². The summed E-state index contributed by atoms with van der Waals surface area (Å²) in [4.78, 5) is 36.5. The molecule has 0 aromatic heterocycles. The van der Waals surface area contributed by atoms with Crippen molar-refractivity contribution in [1.82, 2.24) is 10.6 Å². The van der Waals surface area contributed by atoms with Crippen molar-refractivity contribution in [2.45, 2.75) is 32.8 Å². The van der Waals surface area contributed by atoms with Gasteiger partial charge in [-0.3, -0.25) is 14.4 Å². The fourth-order valence-electron chi connectivity index (χ4n) is 3.38. The second-order valence-corrected chi connectivity index (χ2v) is 7.46. The number of aryl methyl sites for hydroxylation is 2. The Bertz CT molecular complexity index is 898. The lowest BCUT2D eigenvalue weighted by Crippen LogP contribution is -2.39. The molecule has 1 aliphatic rings. The first-order valence-corrected chi connectivity index (χ1v) is 10.1. The highest BCUT2D eigenvalue weighted by Crippen LogP contribution is 2.14. The van der Waals surface area contributed by atoms with Gasteiger partial charge in [0.25, 0.3) is 11.8 Å². The minimum atomic E-state index is -0.368. The Hall–Kier alpha value is -3.19. The van der Waals surface area contributed by atoms with Gasteiger partial charge in [0.1, 0.15) is 6.10 Å². The Morgan fingerprint density at radius 3 is 2.20 bits per heavy atom. The van der Waals surface area contributed by atoms with Crippen molar-refractivity contribution in [1.29, 1.82) is 0 Å². The summed E-state index contributed by atoms with van der Waals surface area (Å²) in [5.74, 6) is -0.569. The summed E-state index contributed by atoms with van der Waals surface area (Å²) in [6.45, 7) is 5.18. The average Bonchev–Trinajstić information content (AvgIpc) is 3.25. The van der Waals surface area contributed by atoms with Gasteiger partial charge in [-0.05, 0) is 63.1 Å². The molecule has 0 radical (unpaired) electrons.